The monoisotopic (exact) mass is 515 g/mol. The number of nitrogens with one attached hydrogen (secondary N) is 1. The molecule has 0 aliphatic carbocycles. The number of carbonyl (C=O) groups excluding carboxylic acids is 1. The van der Waals surface area contributed by atoms with Crippen LogP contribution in [0.4, 0.5) is 4.79 Å². The summed E-state index contributed by atoms with van der Waals surface area (Å²) in [6, 6.07) is 30.9. The van der Waals surface area contributed by atoms with Gasteiger partial charge in [-0.25, -0.2) is 9.48 Å². The van der Waals surface area contributed by atoms with Crippen LogP contribution in [-0.2, 0) is 19.5 Å². The minimum Gasteiger partial charge on any atom is -0.334 e. The standard InChI is InChI=1S/C33H33N5O/c1-4-25-16-18-27(19-17-25)31-30-11-8-20-36(30)32-29(24(3)35-38(32)28-9-6-5-7-10-28)22-37(31)33(39)34-21-26-14-12-23(2)13-15-26/h5-20,31H,4,21-22H2,1-3H3,(H,34,39)/t31-/m0/s1. The Kier molecular flexibility index (Phi) is 6.53. The molecule has 0 spiro atoms. The number of hydrogen-bond acceptors (Lipinski definition) is 2. The molecule has 1 N–H and O–H groups in total. The summed E-state index contributed by atoms with van der Waals surface area (Å²) in [4.78, 5) is 16.0. The molecule has 2 aromatic heterocycles. The van der Waals surface area contributed by atoms with E-state index in [0.29, 0.717) is 13.1 Å². The molecule has 1 atom stereocenters. The molecule has 0 radical (unpaired) electrons. The van der Waals surface area contributed by atoms with E-state index in [4.69, 9.17) is 5.10 Å². The quantitative estimate of drug-likeness (QED) is 0.285. The number of aryl methyl sites for hydroxylation is 3. The number of aromatic nitrogens is 3. The highest BCUT2D eigenvalue weighted by Crippen LogP contribution is 2.38. The van der Waals surface area contributed by atoms with Crippen molar-refractivity contribution in [2.45, 2.75) is 46.3 Å². The van der Waals surface area contributed by atoms with E-state index in [0.717, 1.165) is 46.0 Å². The molecule has 0 bridgehead atoms. The lowest BCUT2D eigenvalue weighted by molar-refractivity contribution is 0.180. The van der Waals surface area contributed by atoms with E-state index in [9.17, 15) is 4.79 Å². The van der Waals surface area contributed by atoms with E-state index in [2.05, 4.69) is 103 Å². The number of urea groups is 1. The molecule has 5 aromatic rings. The van der Waals surface area contributed by atoms with Crippen molar-refractivity contribution in [1.82, 2.24) is 24.6 Å². The van der Waals surface area contributed by atoms with Crippen LogP contribution in [0.2, 0.25) is 0 Å². The zero-order valence-electron chi connectivity index (χ0n) is 22.6. The van der Waals surface area contributed by atoms with Crippen molar-refractivity contribution < 1.29 is 4.79 Å². The fraction of sp³-hybridized carbons (Fsp3) is 0.212. The van der Waals surface area contributed by atoms with Crippen LogP contribution in [0.25, 0.3) is 11.5 Å². The van der Waals surface area contributed by atoms with Crippen LogP contribution in [0.1, 0.15) is 52.2 Å². The van der Waals surface area contributed by atoms with Gasteiger partial charge in [0.1, 0.15) is 5.82 Å². The minimum absolute atomic E-state index is 0.104. The first kappa shape index (κ1) is 24.7. The Balaban J connectivity index is 1.46. The van der Waals surface area contributed by atoms with Gasteiger partial charge in [0.15, 0.2) is 0 Å². The highest BCUT2D eigenvalue weighted by molar-refractivity contribution is 5.76. The maximum absolute atomic E-state index is 14.0. The predicted molar refractivity (Wildman–Crippen MR) is 154 cm³/mol. The zero-order valence-corrected chi connectivity index (χ0v) is 22.6. The van der Waals surface area contributed by atoms with Crippen LogP contribution < -0.4 is 5.32 Å². The van der Waals surface area contributed by atoms with Gasteiger partial charge in [0.2, 0.25) is 0 Å². The van der Waals surface area contributed by atoms with Crippen molar-refractivity contribution in [3.63, 3.8) is 0 Å². The van der Waals surface area contributed by atoms with Crippen LogP contribution in [0.15, 0.2) is 97.2 Å². The molecule has 0 fully saturated rings. The molecule has 3 aromatic carbocycles. The summed E-state index contributed by atoms with van der Waals surface area (Å²) in [6.45, 7) is 7.16. The molecule has 1 aliphatic rings. The Labute approximate surface area is 229 Å². The van der Waals surface area contributed by atoms with Gasteiger partial charge in [0, 0.05) is 18.3 Å². The summed E-state index contributed by atoms with van der Waals surface area (Å²) in [5.74, 6) is 0.975. The molecule has 3 heterocycles. The topological polar surface area (TPSA) is 55.1 Å². The SMILES string of the molecule is CCc1ccc([C@H]2c3cccn3-c3c(c(C)nn3-c3ccccc3)CN2C(=O)NCc2ccc(C)cc2)cc1. The van der Waals surface area contributed by atoms with Crippen molar-refractivity contribution in [3.8, 4) is 11.5 Å². The second-order valence-corrected chi connectivity index (χ2v) is 10.2. The van der Waals surface area contributed by atoms with Crippen molar-refractivity contribution in [3.05, 3.63) is 136 Å². The largest absolute Gasteiger partial charge is 0.334 e. The van der Waals surface area contributed by atoms with E-state index in [1.807, 2.05) is 34.7 Å². The molecule has 0 saturated carbocycles. The van der Waals surface area contributed by atoms with Crippen molar-refractivity contribution in [1.29, 1.82) is 0 Å². The van der Waals surface area contributed by atoms with Gasteiger partial charge in [0.05, 0.1) is 29.7 Å². The van der Waals surface area contributed by atoms with E-state index in [1.54, 1.807) is 0 Å². The fourth-order valence-electron chi connectivity index (χ4n) is 5.42. The Morgan fingerprint density at radius 1 is 0.897 bits per heavy atom. The minimum atomic E-state index is -0.264. The average molecular weight is 516 g/mol. The smallest absolute Gasteiger partial charge is 0.318 e. The number of rotatable bonds is 5. The highest BCUT2D eigenvalue weighted by atomic mass is 16.2. The number of fused-ring (bicyclic) bond motifs is 3. The van der Waals surface area contributed by atoms with Crippen molar-refractivity contribution in [2.24, 2.45) is 0 Å². The van der Waals surface area contributed by atoms with Gasteiger partial charge in [-0.05, 0) is 61.2 Å². The molecular formula is C33H33N5O. The number of nitrogens with zero attached hydrogens (tertiary/aromatic N) is 4. The van der Waals surface area contributed by atoms with Gasteiger partial charge >= 0.3 is 6.03 Å². The molecule has 39 heavy (non-hydrogen) atoms. The summed E-state index contributed by atoms with van der Waals surface area (Å²) in [5, 5.41) is 8.14. The van der Waals surface area contributed by atoms with E-state index in [-0.39, 0.29) is 12.1 Å². The maximum Gasteiger partial charge on any atom is 0.318 e. The first-order valence-electron chi connectivity index (χ1n) is 13.5. The number of benzene rings is 3. The van der Waals surface area contributed by atoms with Gasteiger partial charge in [0.25, 0.3) is 0 Å². The van der Waals surface area contributed by atoms with E-state index in [1.165, 1.54) is 11.1 Å². The normalized spacial score (nSPS) is 14.4. The fourth-order valence-corrected chi connectivity index (χ4v) is 5.42. The van der Waals surface area contributed by atoms with E-state index >= 15 is 0 Å². The van der Waals surface area contributed by atoms with Gasteiger partial charge in [-0.3, -0.25) is 0 Å². The Hall–Kier alpha value is -4.58. The molecule has 0 unspecified atom stereocenters. The van der Waals surface area contributed by atoms with Crippen molar-refractivity contribution >= 4 is 6.03 Å². The maximum atomic E-state index is 14.0. The summed E-state index contributed by atoms with van der Waals surface area (Å²) in [5.41, 5.74) is 8.60. The molecule has 2 amide bonds. The van der Waals surface area contributed by atoms with Crippen LogP contribution >= 0.6 is 0 Å². The molecule has 6 nitrogen and oxygen atoms in total. The first-order valence-corrected chi connectivity index (χ1v) is 13.5. The first-order chi connectivity index (χ1) is 19.0. The second kappa shape index (κ2) is 10.3. The lowest BCUT2D eigenvalue weighted by Crippen LogP contribution is -2.41. The number of hydrogen-bond donors (Lipinski definition) is 1. The summed E-state index contributed by atoms with van der Waals surface area (Å²) in [6.07, 6.45) is 3.05. The molecule has 196 valence electrons. The van der Waals surface area contributed by atoms with Crippen LogP contribution in [0.5, 0.6) is 0 Å². The molecule has 6 heteroatoms. The Bertz CT molecular complexity index is 1600. The third-order valence-corrected chi connectivity index (χ3v) is 7.62. The molecule has 6 rings (SSSR count). The highest BCUT2D eigenvalue weighted by Gasteiger charge is 2.35. The second-order valence-electron chi connectivity index (χ2n) is 10.2. The van der Waals surface area contributed by atoms with E-state index < -0.39 is 0 Å². The summed E-state index contributed by atoms with van der Waals surface area (Å²) < 4.78 is 4.20. The summed E-state index contributed by atoms with van der Waals surface area (Å²) in [7, 11) is 0. The number of para-hydroxylation sites is 1. The summed E-state index contributed by atoms with van der Waals surface area (Å²) >= 11 is 0. The van der Waals surface area contributed by atoms with Crippen LogP contribution in [0, 0.1) is 13.8 Å². The number of carbonyl (C=O) groups is 1. The van der Waals surface area contributed by atoms with Gasteiger partial charge in [-0.2, -0.15) is 5.10 Å². The third kappa shape index (κ3) is 4.63. The van der Waals surface area contributed by atoms with Gasteiger partial charge < -0.3 is 14.8 Å². The van der Waals surface area contributed by atoms with Crippen LogP contribution in [-0.4, -0.2) is 25.3 Å². The van der Waals surface area contributed by atoms with Crippen LogP contribution in [0.3, 0.4) is 0 Å². The van der Waals surface area contributed by atoms with Gasteiger partial charge in [-0.1, -0.05) is 79.2 Å². The molecule has 0 saturated heterocycles. The third-order valence-electron chi connectivity index (χ3n) is 7.62. The lowest BCUT2D eigenvalue weighted by Gasteiger charge is -2.31. The molecular weight excluding hydrogens is 482 g/mol. The zero-order chi connectivity index (χ0) is 26.9. The number of amides is 2. The Morgan fingerprint density at radius 2 is 1.62 bits per heavy atom. The van der Waals surface area contributed by atoms with Crippen molar-refractivity contribution in [2.75, 3.05) is 0 Å². The average Bonchev–Trinajstić information content (AvgIpc) is 3.53. The molecule has 1 aliphatic heterocycles. The lowest BCUT2D eigenvalue weighted by atomic mass is 9.99. The van der Waals surface area contributed by atoms with Gasteiger partial charge in [-0.15, -0.1) is 0 Å². The predicted octanol–water partition coefficient (Wildman–Crippen LogP) is 6.66. The Morgan fingerprint density at radius 3 is 2.33 bits per heavy atom.